The Bertz CT molecular complexity index is 470. The van der Waals surface area contributed by atoms with Crippen LogP contribution >= 0.6 is 27.5 Å². The fraction of sp³-hybridized carbons (Fsp3) is 0. The molecule has 2 N–H and O–H groups in total. The lowest BCUT2D eigenvalue weighted by Gasteiger charge is -1.99. The van der Waals surface area contributed by atoms with Crippen LogP contribution in [0.3, 0.4) is 0 Å². The van der Waals surface area contributed by atoms with E-state index in [0.29, 0.717) is 21.1 Å². The van der Waals surface area contributed by atoms with Crippen LogP contribution in [0, 0.1) is 0 Å². The van der Waals surface area contributed by atoms with Gasteiger partial charge in [0, 0.05) is 5.56 Å². The fourth-order valence-electron chi connectivity index (χ4n) is 1.12. The molecule has 0 aliphatic heterocycles. The van der Waals surface area contributed by atoms with Crippen LogP contribution in [-0.4, -0.2) is 5.16 Å². The summed E-state index contributed by atoms with van der Waals surface area (Å²) in [6.07, 6.45) is 0. The second-order valence-corrected chi connectivity index (χ2v) is 3.85. The Morgan fingerprint density at radius 3 is 2.64 bits per heavy atom. The first kappa shape index (κ1) is 9.55. The molecule has 5 heteroatoms. The number of hydrogen-bond donors (Lipinski definition) is 1. The molecule has 0 aliphatic rings. The van der Waals surface area contributed by atoms with Gasteiger partial charge in [-0.3, -0.25) is 0 Å². The van der Waals surface area contributed by atoms with Gasteiger partial charge in [0.05, 0.1) is 5.02 Å². The molecule has 0 saturated carbocycles. The molecule has 0 aliphatic carbocycles. The van der Waals surface area contributed by atoms with Crippen LogP contribution in [0.15, 0.2) is 33.4 Å². The molecule has 0 spiro atoms. The van der Waals surface area contributed by atoms with Crippen LogP contribution in [0.25, 0.3) is 11.3 Å². The first-order valence-corrected chi connectivity index (χ1v) is 5.03. The summed E-state index contributed by atoms with van der Waals surface area (Å²) in [6.45, 7) is 0. The summed E-state index contributed by atoms with van der Waals surface area (Å²) >= 11 is 9.15. The highest BCUT2D eigenvalue weighted by Crippen LogP contribution is 2.35. The molecule has 72 valence electrons. The van der Waals surface area contributed by atoms with E-state index in [1.807, 2.05) is 18.2 Å². The van der Waals surface area contributed by atoms with E-state index in [-0.39, 0.29) is 0 Å². The molecular formula is C9H6BrClN2O. The Balaban J connectivity index is 2.60. The van der Waals surface area contributed by atoms with Crippen LogP contribution in [0.1, 0.15) is 0 Å². The Kier molecular flexibility index (Phi) is 2.48. The molecule has 1 aromatic heterocycles. The molecule has 0 amide bonds. The van der Waals surface area contributed by atoms with Gasteiger partial charge in [-0.15, -0.1) is 0 Å². The number of hydrogen-bond acceptors (Lipinski definition) is 3. The largest absolute Gasteiger partial charge is 0.393 e. The molecule has 0 unspecified atom stereocenters. The number of nitrogens with two attached hydrogens (primary N) is 1. The zero-order valence-electron chi connectivity index (χ0n) is 7.00. The minimum atomic E-state index is 0.457. The van der Waals surface area contributed by atoms with Gasteiger partial charge in [-0.05, 0) is 28.1 Å². The summed E-state index contributed by atoms with van der Waals surface area (Å²) in [6, 6.07) is 7.29. The third-order valence-electron chi connectivity index (χ3n) is 1.80. The lowest BCUT2D eigenvalue weighted by Crippen LogP contribution is -1.86. The van der Waals surface area contributed by atoms with E-state index in [2.05, 4.69) is 21.1 Å². The lowest BCUT2D eigenvalue weighted by molar-refractivity contribution is 0.428. The third kappa shape index (κ3) is 1.51. The summed E-state index contributed by atoms with van der Waals surface area (Å²) in [5.74, 6) is 0.488. The van der Waals surface area contributed by atoms with Crippen molar-refractivity contribution in [3.05, 3.63) is 33.9 Å². The van der Waals surface area contributed by atoms with Gasteiger partial charge in [0.15, 0.2) is 10.4 Å². The van der Waals surface area contributed by atoms with Gasteiger partial charge in [0.25, 0.3) is 0 Å². The van der Waals surface area contributed by atoms with Crippen LogP contribution in [0.5, 0.6) is 0 Å². The monoisotopic (exact) mass is 272 g/mol. The summed E-state index contributed by atoms with van der Waals surface area (Å²) in [7, 11) is 0. The van der Waals surface area contributed by atoms with Crippen molar-refractivity contribution in [2.24, 2.45) is 0 Å². The molecule has 2 rings (SSSR count). The highest BCUT2D eigenvalue weighted by Gasteiger charge is 2.14. The van der Waals surface area contributed by atoms with E-state index in [1.54, 1.807) is 6.07 Å². The highest BCUT2D eigenvalue weighted by atomic mass is 79.9. The first-order valence-electron chi connectivity index (χ1n) is 3.85. The average molecular weight is 274 g/mol. The maximum absolute atomic E-state index is 5.98. The highest BCUT2D eigenvalue weighted by molar-refractivity contribution is 9.10. The molecule has 1 aromatic carbocycles. The normalized spacial score (nSPS) is 10.4. The van der Waals surface area contributed by atoms with Crippen molar-refractivity contribution >= 4 is 33.2 Å². The van der Waals surface area contributed by atoms with Crippen molar-refractivity contribution in [3.63, 3.8) is 0 Å². The number of anilines is 1. The Hall–Kier alpha value is -1.00. The van der Waals surface area contributed by atoms with Gasteiger partial charge >= 0.3 is 0 Å². The standard InChI is InChI=1S/C9H6BrClN2O/c10-9-7(12)8(14-13-9)5-3-1-2-4-6(5)11/h1-4H,12H2. The van der Waals surface area contributed by atoms with Crippen LogP contribution < -0.4 is 5.73 Å². The van der Waals surface area contributed by atoms with Crippen molar-refractivity contribution in [3.8, 4) is 11.3 Å². The fourth-order valence-corrected chi connectivity index (χ4v) is 1.59. The molecule has 3 nitrogen and oxygen atoms in total. The van der Waals surface area contributed by atoms with Crippen molar-refractivity contribution in [2.45, 2.75) is 0 Å². The van der Waals surface area contributed by atoms with E-state index in [0.717, 1.165) is 5.56 Å². The number of nitrogen functional groups attached to an aromatic ring is 1. The zero-order chi connectivity index (χ0) is 10.1. The van der Waals surface area contributed by atoms with E-state index in [4.69, 9.17) is 21.9 Å². The van der Waals surface area contributed by atoms with Gasteiger partial charge in [-0.25, -0.2) is 0 Å². The van der Waals surface area contributed by atoms with Crippen molar-refractivity contribution in [1.29, 1.82) is 0 Å². The van der Waals surface area contributed by atoms with Gasteiger partial charge in [0.2, 0.25) is 0 Å². The molecule has 0 atom stereocenters. The van der Waals surface area contributed by atoms with E-state index in [1.165, 1.54) is 0 Å². The maximum atomic E-state index is 5.98. The Morgan fingerprint density at radius 2 is 2.07 bits per heavy atom. The summed E-state index contributed by atoms with van der Waals surface area (Å²) in [4.78, 5) is 0. The minimum absolute atomic E-state index is 0.457. The van der Waals surface area contributed by atoms with Crippen molar-refractivity contribution in [2.75, 3.05) is 5.73 Å². The smallest absolute Gasteiger partial charge is 0.192 e. The molecule has 0 fully saturated rings. The predicted octanol–water partition coefficient (Wildman–Crippen LogP) is 3.34. The van der Waals surface area contributed by atoms with Crippen LogP contribution in [0.4, 0.5) is 5.69 Å². The van der Waals surface area contributed by atoms with Gasteiger partial charge in [0.1, 0.15) is 5.69 Å². The van der Waals surface area contributed by atoms with E-state index in [9.17, 15) is 0 Å². The van der Waals surface area contributed by atoms with E-state index >= 15 is 0 Å². The predicted molar refractivity (Wildman–Crippen MR) is 59.1 cm³/mol. The Labute approximate surface area is 94.0 Å². The Morgan fingerprint density at radius 1 is 1.36 bits per heavy atom. The van der Waals surface area contributed by atoms with E-state index < -0.39 is 0 Å². The van der Waals surface area contributed by atoms with Gasteiger partial charge < -0.3 is 10.3 Å². The van der Waals surface area contributed by atoms with Crippen LogP contribution in [-0.2, 0) is 0 Å². The summed E-state index contributed by atoms with van der Waals surface area (Å²) in [5, 5.41) is 4.28. The third-order valence-corrected chi connectivity index (χ3v) is 2.70. The van der Waals surface area contributed by atoms with Crippen molar-refractivity contribution < 1.29 is 4.52 Å². The molecule has 0 bridgehead atoms. The second-order valence-electron chi connectivity index (χ2n) is 2.70. The second kappa shape index (κ2) is 3.63. The quantitative estimate of drug-likeness (QED) is 0.867. The molecule has 14 heavy (non-hydrogen) atoms. The summed E-state index contributed by atoms with van der Waals surface area (Å²) in [5.41, 5.74) is 6.94. The zero-order valence-corrected chi connectivity index (χ0v) is 9.34. The topological polar surface area (TPSA) is 52.0 Å². The maximum Gasteiger partial charge on any atom is 0.192 e. The number of nitrogens with zero attached hydrogens (tertiary/aromatic N) is 1. The minimum Gasteiger partial charge on any atom is -0.393 e. The van der Waals surface area contributed by atoms with Crippen LogP contribution in [0.2, 0.25) is 5.02 Å². The number of halogens is 2. The molecule has 0 saturated heterocycles. The molecular weight excluding hydrogens is 267 g/mol. The molecule has 0 radical (unpaired) electrons. The first-order chi connectivity index (χ1) is 6.70. The number of rotatable bonds is 1. The SMILES string of the molecule is Nc1c(Br)noc1-c1ccccc1Cl. The summed E-state index contributed by atoms with van der Waals surface area (Å²) < 4.78 is 5.55. The molecule has 2 aromatic rings. The average Bonchev–Trinajstić information content (AvgIpc) is 2.49. The van der Waals surface area contributed by atoms with Gasteiger partial charge in [-0.2, -0.15) is 0 Å². The number of benzene rings is 1. The number of aromatic nitrogens is 1. The molecule has 1 heterocycles. The van der Waals surface area contributed by atoms with Crippen molar-refractivity contribution in [1.82, 2.24) is 5.16 Å². The lowest BCUT2D eigenvalue weighted by atomic mass is 10.1. The van der Waals surface area contributed by atoms with Gasteiger partial charge in [-0.1, -0.05) is 28.9 Å².